The quantitative estimate of drug-likeness (QED) is 0.342. The number of sulfonamides is 1. The first-order valence-corrected chi connectivity index (χ1v) is 10.9. The first-order valence-electron chi connectivity index (χ1n) is 9.46. The van der Waals surface area contributed by atoms with Gasteiger partial charge in [-0.15, -0.1) is 0 Å². The first kappa shape index (κ1) is 20.5. The zero-order valence-electron chi connectivity index (χ0n) is 17.3. The molecule has 0 aliphatic heterocycles. The molecule has 1 aromatic carbocycles. The Balaban J connectivity index is 1.68. The van der Waals surface area contributed by atoms with Gasteiger partial charge >= 0.3 is 0 Å². The van der Waals surface area contributed by atoms with Crippen molar-refractivity contribution in [3.8, 4) is 16.9 Å². The third kappa shape index (κ3) is 3.87. The first-order chi connectivity index (χ1) is 14.9. The number of hydrogen-bond donors (Lipinski definition) is 0. The molecule has 0 amide bonds. The Morgan fingerprint density at radius 3 is 2.68 bits per heavy atom. The summed E-state index contributed by atoms with van der Waals surface area (Å²) < 4.78 is 34.2. The van der Waals surface area contributed by atoms with Crippen LogP contribution in [0.2, 0.25) is 0 Å². The van der Waals surface area contributed by atoms with Crippen LogP contribution in [0.15, 0.2) is 77.2 Å². The lowest BCUT2D eigenvalue weighted by Gasteiger charge is -2.17. The van der Waals surface area contributed by atoms with Gasteiger partial charge in [0.15, 0.2) is 0 Å². The molecule has 0 fully saturated rings. The van der Waals surface area contributed by atoms with Crippen LogP contribution in [0, 0.1) is 6.92 Å². The van der Waals surface area contributed by atoms with Crippen molar-refractivity contribution in [2.24, 2.45) is 5.10 Å². The number of aryl methyl sites for hydroxylation is 1. The lowest BCUT2D eigenvalue weighted by atomic mass is 10.1. The van der Waals surface area contributed by atoms with Gasteiger partial charge in [0.1, 0.15) is 16.3 Å². The highest BCUT2D eigenvalue weighted by molar-refractivity contribution is 7.89. The molecule has 0 atom stereocenters. The second-order valence-electron chi connectivity index (χ2n) is 6.86. The van der Waals surface area contributed by atoms with Gasteiger partial charge in [-0.3, -0.25) is 9.38 Å². The molecule has 8 nitrogen and oxygen atoms in total. The number of aromatic nitrogens is 3. The van der Waals surface area contributed by atoms with Crippen molar-refractivity contribution >= 4 is 21.9 Å². The van der Waals surface area contributed by atoms with Crippen LogP contribution >= 0.6 is 0 Å². The Hall–Kier alpha value is -3.72. The van der Waals surface area contributed by atoms with Crippen molar-refractivity contribution in [3.05, 3.63) is 78.5 Å². The van der Waals surface area contributed by atoms with Crippen molar-refractivity contribution in [2.45, 2.75) is 11.8 Å². The fraction of sp³-hybridized carbons (Fsp3) is 0.136. The highest BCUT2D eigenvalue weighted by atomic mass is 32.2. The van der Waals surface area contributed by atoms with Gasteiger partial charge in [-0.2, -0.15) is 17.9 Å². The molecule has 0 bridgehead atoms. The third-order valence-electron chi connectivity index (χ3n) is 4.88. The van der Waals surface area contributed by atoms with E-state index >= 15 is 0 Å². The summed E-state index contributed by atoms with van der Waals surface area (Å²) in [5.41, 5.74) is 3.86. The minimum Gasteiger partial charge on any atom is -0.495 e. The molecule has 0 aliphatic rings. The van der Waals surface area contributed by atoms with E-state index in [1.807, 2.05) is 34.9 Å². The van der Waals surface area contributed by atoms with Crippen LogP contribution in [0.5, 0.6) is 5.75 Å². The normalized spacial score (nSPS) is 11.8. The van der Waals surface area contributed by atoms with Gasteiger partial charge in [-0.25, -0.2) is 4.98 Å². The number of fused-ring (bicyclic) bond motifs is 1. The summed E-state index contributed by atoms with van der Waals surface area (Å²) in [6, 6.07) is 12.8. The van der Waals surface area contributed by atoms with E-state index in [2.05, 4.69) is 15.1 Å². The van der Waals surface area contributed by atoms with E-state index in [0.717, 1.165) is 21.2 Å². The van der Waals surface area contributed by atoms with E-state index in [4.69, 9.17) is 4.74 Å². The largest absolute Gasteiger partial charge is 0.495 e. The summed E-state index contributed by atoms with van der Waals surface area (Å²) >= 11 is 0. The second kappa shape index (κ2) is 8.19. The lowest BCUT2D eigenvalue weighted by Crippen LogP contribution is -2.23. The standard InChI is InChI=1S/C22H21N5O3S/c1-16-6-4-8-20(30-3)22(16)31(28,29)26(2)25-14-19-13-24-21-10-9-18(15-27(19)21)17-7-5-11-23-12-17/h4-15H,1-3H3/b25-14+. The molecular formula is C22H21N5O3S. The zero-order chi connectivity index (χ0) is 22.0. The number of methoxy groups -OCH3 is 1. The topological polar surface area (TPSA) is 89.2 Å². The van der Waals surface area contributed by atoms with Crippen molar-refractivity contribution in [3.63, 3.8) is 0 Å². The van der Waals surface area contributed by atoms with Gasteiger partial charge in [0.25, 0.3) is 10.0 Å². The molecule has 4 rings (SSSR count). The molecule has 0 spiro atoms. The minimum atomic E-state index is -3.90. The number of hydrazone groups is 1. The molecule has 0 aliphatic carbocycles. The number of rotatable bonds is 6. The maximum absolute atomic E-state index is 13.1. The monoisotopic (exact) mass is 435 g/mol. The molecule has 0 unspecified atom stereocenters. The highest BCUT2D eigenvalue weighted by Gasteiger charge is 2.26. The molecule has 31 heavy (non-hydrogen) atoms. The Morgan fingerprint density at radius 2 is 1.94 bits per heavy atom. The molecule has 3 aromatic heterocycles. The van der Waals surface area contributed by atoms with E-state index in [1.165, 1.54) is 20.4 Å². The number of pyridine rings is 2. The molecule has 158 valence electrons. The van der Waals surface area contributed by atoms with Crippen LogP contribution in [0.4, 0.5) is 0 Å². The van der Waals surface area contributed by atoms with E-state index in [-0.39, 0.29) is 10.6 Å². The highest BCUT2D eigenvalue weighted by Crippen LogP contribution is 2.29. The molecule has 0 N–H and O–H groups in total. The second-order valence-corrected chi connectivity index (χ2v) is 8.75. The van der Waals surface area contributed by atoms with Crippen LogP contribution in [-0.2, 0) is 10.0 Å². The van der Waals surface area contributed by atoms with Crippen LogP contribution in [0.25, 0.3) is 16.8 Å². The summed E-state index contributed by atoms with van der Waals surface area (Å²) in [6.45, 7) is 1.72. The van der Waals surface area contributed by atoms with E-state index in [9.17, 15) is 8.42 Å². The zero-order valence-corrected chi connectivity index (χ0v) is 18.1. The Morgan fingerprint density at radius 1 is 1.10 bits per heavy atom. The summed E-state index contributed by atoms with van der Waals surface area (Å²) in [7, 11) is -1.07. The number of ether oxygens (including phenoxy) is 1. The third-order valence-corrected chi connectivity index (χ3v) is 6.71. The van der Waals surface area contributed by atoms with Crippen molar-refractivity contribution in [2.75, 3.05) is 14.2 Å². The summed E-state index contributed by atoms with van der Waals surface area (Å²) in [4.78, 5) is 8.61. The van der Waals surface area contributed by atoms with E-state index in [0.29, 0.717) is 11.3 Å². The van der Waals surface area contributed by atoms with Crippen LogP contribution in [0.3, 0.4) is 0 Å². The average molecular weight is 436 g/mol. The summed E-state index contributed by atoms with van der Waals surface area (Å²) in [5, 5.41) is 4.18. The van der Waals surface area contributed by atoms with Gasteiger partial charge in [0.05, 0.1) is 25.2 Å². The fourth-order valence-electron chi connectivity index (χ4n) is 3.25. The van der Waals surface area contributed by atoms with Gasteiger partial charge in [-0.1, -0.05) is 18.2 Å². The average Bonchev–Trinajstić information content (AvgIpc) is 3.19. The molecule has 0 saturated carbocycles. The fourth-order valence-corrected chi connectivity index (χ4v) is 4.57. The Labute approximate surface area is 180 Å². The van der Waals surface area contributed by atoms with E-state index < -0.39 is 10.0 Å². The number of imidazole rings is 1. The predicted octanol–water partition coefficient (Wildman–Crippen LogP) is 3.37. The Kier molecular flexibility index (Phi) is 5.43. The summed E-state index contributed by atoms with van der Waals surface area (Å²) in [6.07, 6.45) is 8.52. The van der Waals surface area contributed by atoms with E-state index in [1.54, 1.807) is 43.7 Å². The van der Waals surface area contributed by atoms with Crippen molar-refractivity contribution in [1.82, 2.24) is 18.8 Å². The van der Waals surface area contributed by atoms with Crippen LogP contribution in [0.1, 0.15) is 11.3 Å². The van der Waals surface area contributed by atoms with Gasteiger partial charge in [-0.05, 0) is 36.8 Å². The van der Waals surface area contributed by atoms with Crippen molar-refractivity contribution in [1.29, 1.82) is 0 Å². The Bertz CT molecular complexity index is 1360. The van der Waals surface area contributed by atoms with Crippen molar-refractivity contribution < 1.29 is 13.2 Å². The smallest absolute Gasteiger partial charge is 0.282 e. The van der Waals surface area contributed by atoms with Gasteiger partial charge in [0.2, 0.25) is 0 Å². The number of nitrogens with zero attached hydrogens (tertiary/aromatic N) is 5. The maximum atomic E-state index is 13.1. The minimum absolute atomic E-state index is 0.0918. The maximum Gasteiger partial charge on any atom is 0.282 e. The van der Waals surface area contributed by atoms with Gasteiger partial charge in [0, 0.05) is 36.8 Å². The molecule has 3 heterocycles. The molecule has 0 saturated heterocycles. The molecular weight excluding hydrogens is 414 g/mol. The predicted molar refractivity (Wildman–Crippen MR) is 119 cm³/mol. The van der Waals surface area contributed by atoms with Crippen LogP contribution in [-0.4, -0.2) is 47.6 Å². The lowest BCUT2D eigenvalue weighted by molar-refractivity contribution is 0.398. The molecule has 0 radical (unpaired) electrons. The number of benzene rings is 1. The SMILES string of the molecule is COc1cccc(C)c1S(=O)(=O)N(C)/N=C/c1cnc2ccc(-c3cccnc3)cn12. The molecule has 9 heteroatoms. The van der Waals surface area contributed by atoms with Gasteiger partial charge < -0.3 is 4.74 Å². The van der Waals surface area contributed by atoms with Crippen LogP contribution < -0.4 is 4.74 Å². The summed E-state index contributed by atoms with van der Waals surface area (Å²) in [5.74, 6) is 0.276. The number of hydrogen-bond acceptors (Lipinski definition) is 6. The molecule has 4 aromatic rings.